The summed E-state index contributed by atoms with van der Waals surface area (Å²) in [6.45, 7) is 12.2. The first-order valence-electron chi connectivity index (χ1n) is 12.9. The highest BCUT2D eigenvalue weighted by molar-refractivity contribution is 6.00. The van der Waals surface area contributed by atoms with Crippen molar-refractivity contribution in [3.63, 3.8) is 0 Å². The molecule has 0 saturated heterocycles. The third-order valence-electron chi connectivity index (χ3n) is 4.68. The zero-order valence-corrected chi connectivity index (χ0v) is 23.8. The fourth-order valence-corrected chi connectivity index (χ4v) is 2.98. The summed E-state index contributed by atoms with van der Waals surface area (Å²) in [5, 5.41) is 25.8. The summed E-state index contributed by atoms with van der Waals surface area (Å²) >= 11 is 0. The van der Waals surface area contributed by atoms with Gasteiger partial charge in [0.25, 0.3) is 11.8 Å². The molecule has 0 aliphatic heterocycles. The molecule has 5 N–H and O–H groups in total. The van der Waals surface area contributed by atoms with E-state index in [0.717, 1.165) is 0 Å². The van der Waals surface area contributed by atoms with Gasteiger partial charge >= 0.3 is 12.1 Å². The molecule has 220 valence electrons. The summed E-state index contributed by atoms with van der Waals surface area (Å²) in [6.07, 6.45) is 1.77. The van der Waals surface area contributed by atoms with Gasteiger partial charge < -0.3 is 35.6 Å². The van der Waals surface area contributed by atoms with Crippen LogP contribution >= 0.6 is 0 Å². The predicted molar refractivity (Wildman–Crippen MR) is 152 cm³/mol. The molecule has 0 aromatic heterocycles. The number of hydrogen-bond acceptors (Lipinski definition) is 8. The summed E-state index contributed by atoms with van der Waals surface area (Å²) in [5.74, 6) is -1.91. The summed E-state index contributed by atoms with van der Waals surface area (Å²) < 4.78 is 9.28. The lowest BCUT2D eigenvalue weighted by Gasteiger charge is -2.18. The van der Waals surface area contributed by atoms with E-state index in [1.807, 2.05) is 13.8 Å². The van der Waals surface area contributed by atoms with Crippen molar-refractivity contribution >= 4 is 23.9 Å². The van der Waals surface area contributed by atoms with Crippen LogP contribution in [0.3, 0.4) is 0 Å². The Morgan fingerprint density at radius 2 is 1.68 bits per heavy atom. The standard InChI is InChI=1S/C24H27N3O8.C3H8.C2H6/c1-3-9-34-24(33)26-13-20(23(32)35-14-28)27-22(31)19-8-7-17(10-15(19)2)21(30)25-12-16-5-4-6-18(29)11-16;1-3-2;1-2/h3-8,10-11,20,28-29H,1,9,12-14H2,2H3,(H,25,30)(H,26,33)(H,27,31);3H2,1-2H3;1-2H3. The van der Waals surface area contributed by atoms with E-state index in [4.69, 9.17) is 9.84 Å². The molecule has 0 radical (unpaired) electrons. The Morgan fingerprint density at radius 3 is 2.25 bits per heavy atom. The van der Waals surface area contributed by atoms with E-state index in [1.54, 1.807) is 19.1 Å². The number of phenols is 1. The van der Waals surface area contributed by atoms with E-state index in [-0.39, 0.29) is 36.9 Å². The molecule has 0 spiro atoms. The number of esters is 1. The van der Waals surface area contributed by atoms with Crippen molar-refractivity contribution in [3.8, 4) is 5.75 Å². The minimum Gasteiger partial charge on any atom is -0.508 e. The van der Waals surface area contributed by atoms with Gasteiger partial charge in [-0.15, -0.1) is 0 Å². The van der Waals surface area contributed by atoms with Gasteiger partial charge in [0.2, 0.25) is 0 Å². The Morgan fingerprint density at radius 1 is 1.00 bits per heavy atom. The molecule has 0 aliphatic rings. The second-order valence-electron chi connectivity index (χ2n) is 7.98. The number of amides is 3. The lowest BCUT2D eigenvalue weighted by molar-refractivity contribution is -0.153. The SMILES string of the molecule is C=CCOC(=O)NCC(NC(=O)c1ccc(C(=O)NCc2cccc(O)c2)cc1C)C(=O)OCO.CC.CCC. The molecule has 2 rings (SSSR count). The highest BCUT2D eigenvalue weighted by Gasteiger charge is 2.25. The number of benzene rings is 2. The van der Waals surface area contributed by atoms with Crippen molar-refractivity contribution in [3.05, 3.63) is 77.4 Å². The molecule has 11 heteroatoms. The monoisotopic (exact) mass is 559 g/mol. The van der Waals surface area contributed by atoms with E-state index in [2.05, 4.69) is 41.1 Å². The molecular formula is C29H41N3O8. The van der Waals surface area contributed by atoms with Gasteiger partial charge in [0.1, 0.15) is 18.4 Å². The third-order valence-corrected chi connectivity index (χ3v) is 4.68. The zero-order valence-electron chi connectivity index (χ0n) is 23.8. The first-order valence-corrected chi connectivity index (χ1v) is 12.9. The van der Waals surface area contributed by atoms with Gasteiger partial charge in [0, 0.05) is 17.7 Å². The highest BCUT2D eigenvalue weighted by atomic mass is 16.6. The van der Waals surface area contributed by atoms with Crippen LogP contribution in [-0.4, -0.2) is 60.1 Å². The molecule has 11 nitrogen and oxygen atoms in total. The Balaban J connectivity index is 0.00000284. The Labute approximate surface area is 235 Å². The van der Waals surface area contributed by atoms with Crippen LogP contribution in [0.25, 0.3) is 0 Å². The molecule has 1 unspecified atom stereocenters. The maximum atomic E-state index is 12.8. The molecule has 2 aromatic rings. The molecule has 0 saturated carbocycles. The molecule has 3 amide bonds. The summed E-state index contributed by atoms with van der Waals surface area (Å²) in [7, 11) is 0. The van der Waals surface area contributed by atoms with Gasteiger partial charge in [-0.1, -0.05) is 58.9 Å². The molecular weight excluding hydrogens is 518 g/mol. The number of alkyl carbamates (subject to hydrolysis) is 1. The molecule has 1 atom stereocenters. The second kappa shape index (κ2) is 20.6. The quantitative estimate of drug-likeness (QED) is 0.158. The van der Waals surface area contributed by atoms with Crippen LogP contribution in [-0.2, 0) is 20.8 Å². The van der Waals surface area contributed by atoms with Crippen LogP contribution in [0.1, 0.15) is 66.0 Å². The molecule has 0 fully saturated rings. The van der Waals surface area contributed by atoms with Crippen molar-refractivity contribution in [2.45, 2.75) is 53.6 Å². The van der Waals surface area contributed by atoms with E-state index in [1.165, 1.54) is 42.8 Å². The Bertz CT molecular complexity index is 1100. The number of aromatic hydroxyl groups is 1. The van der Waals surface area contributed by atoms with Crippen molar-refractivity contribution in [2.24, 2.45) is 0 Å². The minimum absolute atomic E-state index is 0.0448. The van der Waals surface area contributed by atoms with Gasteiger partial charge in [0.05, 0.1) is 6.54 Å². The average Bonchev–Trinajstić information content (AvgIpc) is 2.94. The first-order chi connectivity index (χ1) is 19.2. The van der Waals surface area contributed by atoms with Gasteiger partial charge in [-0.05, 0) is 48.4 Å². The number of nitrogens with one attached hydrogen (secondary N) is 3. The molecule has 0 aliphatic carbocycles. The van der Waals surface area contributed by atoms with Crippen LogP contribution in [0.4, 0.5) is 4.79 Å². The largest absolute Gasteiger partial charge is 0.508 e. The van der Waals surface area contributed by atoms with Crippen LogP contribution in [0.15, 0.2) is 55.1 Å². The molecule has 0 heterocycles. The molecule has 0 bridgehead atoms. The van der Waals surface area contributed by atoms with Gasteiger partial charge in [-0.2, -0.15) is 0 Å². The van der Waals surface area contributed by atoms with E-state index in [0.29, 0.717) is 16.7 Å². The smallest absolute Gasteiger partial charge is 0.407 e. The normalized spacial score (nSPS) is 10.2. The lowest BCUT2D eigenvalue weighted by atomic mass is 10.0. The van der Waals surface area contributed by atoms with Gasteiger partial charge in [-0.3, -0.25) is 9.59 Å². The number of carbonyl (C=O) groups excluding carboxylic acids is 4. The molecule has 2 aromatic carbocycles. The zero-order chi connectivity index (χ0) is 30.5. The minimum atomic E-state index is -1.31. The fourth-order valence-electron chi connectivity index (χ4n) is 2.98. The number of aryl methyl sites for hydroxylation is 1. The number of hydrogen-bond donors (Lipinski definition) is 5. The van der Waals surface area contributed by atoms with Gasteiger partial charge in [0.15, 0.2) is 6.79 Å². The Hall–Kier alpha value is -4.38. The number of ether oxygens (including phenoxy) is 2. The summed E-state index contributed by atoms with van der Waals surface area (Å²) in [6, 6.07) is 9.55. The van der Waals surface area contributed by atoms with Crippen LogP contribution in [0.2, 0.25) is 0 Å². The second-order valence-corrected chi connectivity index (χ2v) is 7.98. The lowest BCUT2D eigenvalue weighted by Crippen LogP contribution is -2.49. The van der Waals surface area contributed by atoms with Crippen LogP contribution in [0.5, 0.6) is 5.75 Å². The summed E-state index contributed by atoms with van der Waals surface area (Å²) in [4.78, 5) is 49.0. The third kappa shape index (κ3) is 13.4. The predicted octanol–water partition coefficient (Wildman–Crippen LogP) is 3.58. The average molecular weight is 560 g/mol. The number of phenolic OH excluding ortho intramolecular Hbond substituents is 1. The maximum Gasteiger partial charge on any atom is 0.407 e. The van der Waals surface area contributed by atoms with Crippen molar-refractivity contribution in [2.75, 3.05) is 19.9 Å². The van der Waals surface area contributed by atoms with E-state index >= 15 is 0 Å². The number of carbonyl (C=O) groups is 4. The van der Waals surface area contributed by atoms with E-state index in [9.17, 15) is 24.3 Å². The Kier molecular flexibility index (Phi) is 18.3. The topological polar surface area (TPSA) is 163 Å². The van der Waals surface area contributed by atoms with Crippen molar-refractivity contribution in [1.29, 1.82) is 0 Å². The van der Waals surface area contributed by atoms with Gasteiger partial charge in [-0.25, -0.2) is 9.59 Å². The van der Waals surface area contributed by atoms with Crippen molar-refractivity contribution < 1.29 is 38.9 Å². The van der Waals surface area contributed by atoms with Crippen LogP contribution < -0.4 is 16.0 Å². The summed E-state index contributed by atoms with van der Waals surface area (Å²) in [5.41, 5.74) is 1.67. The first kappa shape index (κ1) is 35.6. The fraction of sp³-hybridized carbons (Fsp3) is 0.379. The molecule has 40 heavy (non-hydrogen) atoms. The van der Waals surface area contributed by atoms with E-state index < -0.39 is 30.8 Å². The number of aliphatic hydroxyl groups excluding tert-OH is 1. The highest BCUT2D eigenvalue weighted by Crippen LogP contribution is 2.13. The number of rotatable bonds is 11. The number of aliphatic hydroxyl groups is 1. The maximum absolute atomic E-state index is 12.8. The van der Waals surface area contributed by atoms with Crippen LogP contribution in [0, 0.1) is 6.92 Å². The van der Waals surface area contributed by atoms with Crippen molar-refractivity contribution in [1.82, 2.24) is 16.0 Å².